The van der Waals surface area contributed by atoms with E-state index in [1.54, 1.807) is 6.39 Å². The summed E-state index contributed by atoms with van der Waals surface area (Å²) in [4.78, 5) is 4.39. The van der Waals surface area contributed by atoms with Crippen LogP contribution in [0.4, 0.5) is 0 Å². The molecular formula is C15H26N2O. The van der Waals surface area contributed by atoms with Gasteiger partial charge in [0.25, 0.3) is 0 Å². The van der Waals surface area contributed by atoms with Crippen molar-refractivity contribution >= 4 is 0 Å². The fraction of sp³-hybridized carbons (Fsp3) is 0.800. The Kier molecular flexibility index (Phi) is 5.24. The lowest BCUT2D eigenvalue weighted by Crippen LogP contribution is -2.23. The Hall–Kier alpha value is -0.830. The van der Waals surface area contributed by atoms with Crippen molar-refractivity contribution in [1.82, 2.24) is 10.3 Å². The van der Waals surface area contributed by atoms with Gasteiger partial charge in [-0.25, -0.2) is 4.98 Å². The van der Waals surface area contributed by atoms with E-state index in [2.05, 4.69) is 24.1 Å². The Bertz CT molecular complexity index is 338. The Balaban J connectivity index is 1.99. The molecule has 0 amide bonds. The van der Waals surface area contributed by atoms with Gasteiger partial charge in [-0.2, -0.15) is 0 Å². The van der Waals surface area contributed by atoms with E-state index in [0.717, 1.165) is 18.0 Å². The number of rotatable bonds is 4. The third-order valence-electron chi connectivity index (χ3n) is 3.83. The Morgan fingerprint density at radius 2 is 1.89 bits per heavy atom. The lowest BCUT2D eigenvalue weighted by molar-refractivity contribution is 0.382. The first-order valence-electron chi connectivity index (χ1n) is 7.43. The molecule has 2 rings (SSSR count). The summed E-state index contributed by atoms with van der Waals surface area (Å²) in [6.07, 6.45) is 11.0. The summed E-state index contributed by atoms with van der Waals surface area (Å²) in [7, 11) is 0. The standard InChI is InChI=1S/C15H26N2O/c1-12(2)16-10-14-15(18-11-17-14)13-8-6-4-3-5-7-9-13/h11-13,16H,3-10H2,1-2H3. The van der Waals surface area contributed by atoms with Gasteiger partial charge in [0.05, 0.1) is 5.69 Å². The maximum Gasteiger partial charge on any atom is 0.181 e. The van der Waals surface area contributed by atoms with Gasteiger partial charge in [0, 0.05) is 18.5 Å². The highest BCUT2D eigenvalue weighted by Crippen LogP contribution is 2.32. The average Bonchev–Trinajstić information content (AvgIpc) is 2.74. The first kappa shape index (κ1) is 13.6. The lowest BCUT2D eigenvalue weighted by Gasteiger charge is -2.18. The summed E-state index contributed by atoms with van der Waals surface area (Å²) in [5.41, 5.74) is 1.12. The van der Waals surface area contributed by atoms with Crippen LogP contribution >= 0.6 is 0 Å². The highest BCUT2D eigenvalue weighted by molar-refractivity contribution is 5.13. The predicted molar refractivity (Wildman–Crippen MR) is 73.5 cm³/mol. The van der Waals surface area contributed by atoms with Gasteiger partial charge in [0.2, 0.25) is 0 Å². The minimum Gasteiger partial charge on any atom is -0.448 e. The van der Waals surface area contributed by atoms with Crippen molar-refractivity contribution in [2.75, 3.05) is 0 Å². The Morgan fingerprint density at radius 1 is 1.22 bits per heavy atom. The molecule has 1 aliphatic rings. The Morgan fingerprint density at radius 3 is 2.56 bits per heavy atom. The summed E-state index contributed by atoms with van der Waals surface area (Å²) in [6.45, 7) is 5.16. The second kappa shape index (κ2) is 6.93. The van der Waals surface area contributed by atoms with Crippen LogP contribution in [0, 0.1) is 0 Å². The first-order valence-corrected chi connectivity index (χ1v) is 7.43. The molecule has 0 aliphatic heterocycles. The van der Waals surface area contributed by atoms with Crippen molar-refractivity contribution in [2.45, 2.75) is 77.3 Å². The minimum absolute atomic E-state index is 0.492. The van der Waals surface area contributed by atoms with Gasteiger partial charge in [0.1, 0.15) is 5.76 Å². The highest BCUT2D eigenvalue weighted by Gasteiger charge is 2.20. The van der Waals surface area contributed by atoms with Crippen molar-refractivity contribution in [3.8, 4) is 0 Å². The van der Waals surface area contributed by atoms with E-state index in [-0.39, 0.29) is 0 Å². The first-order chi connectivity index (χ1) is 8.77. The second-order valence-electron chi connectivity index (χ2n) is 5.74. The molecular weight excluding hydrogens is 224 g/mol. The number of aromatic nitrogens is 1. The van der Waals surface area contributed by atoms with Crippen LogP contribution in [-0.4, -0.2) is 11.0 Å². The second-order valence-corrected chi connectivity index (χ2v) is 5.74. The topological polar surface area (TPSA) is 38.1 Å². The SMILES string of the molecule is CC(C)NCc1ncoc1C1CCCCCCC1. The van der Waals surface area contributed by atoms with Crippen LogP contribution in [0.1, 0.15) is 76.2 Å². The van der Waals surface area contributed by atoms with Crippen LogP contribution in [0.3, 0.4) is 0 Å². The number of hydrogen-bond donors (Lipinski definition) is 1. The summed E-state index contributed by atoms with van der Waals surface area (Å²) in [5, 5.41) is 3.43. The van der Waals surface area contributed by atoms with E-state index in [4.69, 9.17) is 4.42 Å². The normalized spacial score (nSPS) is 18.8. The number of hydrogen-bond acceptors (Lipinski definition) is 3. The molecule has 18 heavy (non-hydrogen) atoms. The molecule has 102 valence electrons. The molecule has 1 aliphatic carbocycles. The fourth-order valence-corrected chi connectivity index (χ4v) is 2.76. The van der Waals surface area contributed by atoms with E-state index < -0.39 is 0 Å². The zero-order valence-corrected chi connectivity index (χ0v) is 11.7. The molecule has 1 aromatic rings. The monoisotopic (exact) mass is 250 g/mol. The van der Waals surface area contributed by atoms with Gasteiger partial charge in [-0.05, 0) is 12.8 Å². The van der Waals surface area contributed by atoms with E-state index in [1.807, 2.05) is 0 Å². The molecule has 0 aromatic carbocycles. The Labute approximate surface area is 110 Å². The van der Waals surface area contributed by atoms with Crippen LogP contribution in [0.15, 0.2) is 10.8 Å². The number of nitrogens with zero attached hydrogens (tertiary/aromatic N) is 1. The zero-order chi connectivity index (χ0) is 12.8. The molecule has 1 heterocycles. The molecule has 0 unspecified atom stereocenters. The molecule has 1 fully saturated rings. The van der Waals surface area contributed by atoms with Crippen LogP contribution in [0.25, 0.3) is 0 Å². The largest absolute Gasteiger partial charge is 0.448 e. The average molecular weight is 250 g/mol. The van der Waals surface area contributed by atoms with Crippen molar-refractivity contribution in [2.24, 2.45) is 0 Å². The van der Waals surface area contributed by atoms with Gasteiger partial charge < -0.3 is 9.73 Å². The van der Waals surface area contributed by atoms with Crippen molar-refractivity contribution in [3.63, 3.8) is 0 Å². The van der Waals surface area contributed by atoms with E-state index >= 15 is 0 Å². The molecule has 1 N–H and O–H groups in total. The van der Waals surface area contributed by atoms with Gasteiger partial charge in [-0.1, -0.05) is 46.0 Å². The highest BCUT2D eigenvalue weighted by atomic mass is 16.3. The summed E-state index contributed by atoms with van der Waals surface area (Å²) in [5.74, 6) is 1.74. The maximum absolute atomic E-state index is 5.68. The van der Waals surface area contributed by atoms with Crippen molar-refractivity contribution < 1.29 is 4.42 Å². The van der Waals surface area contributed by atoms with Crippen LogP contribution in [-0.2, 0) is 6.54 Å². The third-order valence-corrected chi connectivity index (χ3v) is 3.83. The minimum atomic E-state index is 0.492. The molecule has 1 saturated carbocycles. The van der Waals surface area contributed by atoms with E-state index in [1.165, 1.54) is 44.9 Å². The molecule has 3 nitrogen and oxygen atoms in total. The van der Waals surface area contributed by atoms with E-state index in [9.17, 15) is 0 Å². The maximum atomic E-state index is 5.68. The van der Waals surface area contributed by atoms with Gasteiger partial charge in [0.15, 0.2) is 6.39 Å². The molecule has 0 atom stereocenters. The van der Waals surface area contributed by atoms with Crippen molar-refractivity contribution in [1.29, 1.82) is 0 Å². The summed E-state index contributed by atoms with van der Waals surface area (Å²) < 4.78 is 5.68. The van der Waals surface area contributed by atoms with Gasteiger partial charge in [-0.3, -0.25) is 0 Å². The zero-order valence-electron chi connectivity index (χ0n) is 11.7. The van der Waals surface area contributed by atoms with Gasteiger partial charge >= 0.3 is 0 Å². The van der Waals surface area contributed by atoms with Crippen LogP contribution < -0.4 is 5.32 Å². The van der Waals surface area contributed by atoms with E-state index in [0.29, 0.717) is 12.0 Å². The third kappa shape index (κ3) is 3.84. The van der Waals surface area contributed by atoms with Crippen molar-refractivity contribution in [3.05, 3.63) is 17.8 Å². The fourth-order valence-electron chi connectivity index (χ4n) is 2.76. The van der Waals surface area contributed by atoms with Gasteiger partial charge in [-0.15, -0.1) is 0 Å². The smallest absolute Gasteiger partial charge is 0.181 e. The molecule has 0 spiro atoms. The molecule has 0 bridgehead atoms. The predicted octanol–water partition coefficient (Wildman–Crippen LogP) is 4.00. The number of nitrogens with one attached hydrogen (secondary N) is 1. The molecule has 0 radical (unpaired) electrons. The quantitative estimate of drug-likeness (QED) is 0.877. The molecule has 1 aromatic heterocycles. The number of oxazole rings is 1. The van der Waals surface area contributed by atoms with Crippen LogP contribution in [0.5, 0.6) is 0 Å². The van der Waals surface area contributed by atoms with Crippen LogP contribution in [0.2, 0.25) is 0 Å². The molecule has 3 heteroatoms. The summed E-state index contributed by atoms with van der Waals surface area (Å²) in [6, 6.07) is 0.492. The lowest BCUT2D eigenvalue weighted by atomic mass is 9.88. The summed E-state index contributed by atoms with van der Waals surface area (Å²) >= 11 is 0. The molecule has 0 saturated heterocycles.